The second-order valence-electron chi connectivity index (χ2n) is 5.59. The summed E-state index contributed by atoms with van der Waals surface area (Å²) < 4.78 is 39.3. The van der Waals surface area contributed by atoms with Crippen LogP contribution in [0.4, 0.5) is 4.39 Å². The third-order valence-electron chi connectivity index (χ3n) is 3.90. The van der Waals surface area contributed by atoms with Crippen LogP contribution < -0.4 is 0 Å². The third-order valence-corrected chi connectivity index (χ3v) is 5.82. The highest BCUT2D eigenvalue weighted by Gasteiger charge is 2.31. The Morgan fingerprint density at radius 3 is 2.33 bits per heavy atom. The zero-order valence-electron chi connectivity index (χ0n) is 13.1. The van der Waals surface area contributed by atoms with Crippen LogP contribution >= 0.6 is 0 Å². The lowest BCUT2D eigenvalue weighted by atomic mass is 10.3. The summed E-state index contributed by atoms with van der Waals surface area (Å²) in [7, 11) is -3.68. The number of sulfonamides is 1. The van der Waals surface area contributed by atoms with E-state index in [4.69, 9.17) is 0 Å². The van der Waals surface area contributed by atoms with Crippen LogP contribution in [0.5, 0.6) is 0 Å². The lowest BCUT2D eigenvalue weighted by Gasteiger charge is -2.33. The SMILES string of the molecule is Cc1cc(C(=O)N2CCN(S(=O)(=O)c3ccc(F)cc3)CC2)n[nH]1. The van der Waals surface area contributed by atoms with Crippen LogP contribution in [0.25, 0.3) is 0 Å². The standard InChI is InChI=1S/C15H17FN4O3S/c1-11-10-14(18-17-11)15(21)19-6-8-20(9-7-19)24(22,23)13-4-2-12(16)3-5-13/h2-5,10H,6-9H2,1H3,(H,17,18). The number of nitrogens with one attached hydrogen (secondary N) is 1. The number of hydrogen-bond donors (Lipinski definition) is 1. The lowest BCUT2D eigenvalue weighted by Crippen LogP contribution is -2.50. The summed E-state index contributed by atoms with van der Waals surface area (Å²) in [5.41, 5.74) is 1.11. The second kappa shape index (κ2) is 6.33. The number of halogens is 1. The topological polar surface area (TPSA) is 86.4 Å². The molecule has 1 aliphatic rings. The predicted molar refractivity (Wildman–Crippen MR) is 84.4 cm³/mol. The highest BCUT2D eigenvalue weighted by molar-refractivity contribution is 7.89. The summed E-state index contributed by atoms with van der Waals surface area (Å²) in [4.78, 5) is 13.9. The van der Waals surface area contributed by atoms with Crippen molar-refractivity contribution in [2.45, 2.75) is 11.8 Å². The number of aromatic nitrogens is 2. The fourth-order valence-corrected chi connectivity index (χ4v) is 4.00. The molecule has 2 heterocycles. The number of hydrogen-bond acceptors (Lipinski definition) is 4. The van der Waals surface area contributed by atoms with Gasteiger partial charge in [-0.3, -0.25) is 9.89 Å². The summed E-state index contributed by atoms with van der Waals surface area (Å²) in [5, 5.41) is 6.64. The molecule has 9 heteroatoms. The number of H-pyrrole nitrogens is 1. The van der Waals surface area contributed by atoms with E-state index < -0.39 is 15.8 Å². The Balaban J connectivity index is 1.68. The average molecular weight is 352 g/mol. The molecular weight excluding hydrogens is 335 g/mol. The van der Waals surface area contributed by atoms with Gasteiger partial charge in [-0.1, -0.05) is 0 Å². The maximum atomic E-state index is 13.0. The summed E-state index contributed by atoms with van der Waals surface area (Å²) in [5.74, 6) is -0.711. The number of aromatic amines is 1. The summed E-state index contributed by atoms with van der Waals surface area (Å²) in [6, 6.07) is 6.38. The molecule has 3 rings (SSSR count). The van der Waals surface area contributed by atoms with Gasteiger partial charge in [0.05, 0.1) is 4.90 Å². The highest BCUT2D eigenvalue weighted by Crippen LogP contribution is 2.18. The van der Waals surface area contributed by atoms with E-state index in [-0.39, 0.29) is 37.0 Å². The van der Waals surface area contributed by atoms with Crippen LogP contribution in [0.2, 0.25) is 0 Å². The van der Waals surface area contributed by atoms with Gasteiger partial charge in [-0.15, -0.1) is 0 Å². The Hall–Kier alpha value is -2.26. The van der Waals surface area contributed by atoms with Crippen molar-refractivity contribution in [3.63, 3.8) is 0 Å². The fourth-order valence-electron chi connectivity index (χ4n) is 2.58. The molecule has 0 bridgehead atoms. The summed E-state index contributed by atoms with van der Waals surface area (Å²) in [6.45, 7) is 2.75. The van der Waals surface area contributed by atoms with E-state index in [0.717, 1.165) is 17.8 Å². The van der Waals surface area contributed by atoms with Crippen LogP contribution in [0.3, 0.4) is 0 Å². The molecule has 0 aliphatic carbocycles. The van der Waals surface area contributed by atoms with E-state index in [0.29, 0.717) is 5.69 Å². The average Bonchev–Trinajstić information content (AvgIpc) is 3.01. The number of benzene rings is 1. The number of rotatable bonds is 3. The van der Waals surface area contributed by atoms with E-state index in [9.17, 15) is 17.6 Å². The van der Waals surface area contributed by atoms with E-state index in [1.165, 1.54) is 16.4 Å². The Labute approximate surface area is 139 Å². The Kier molecular flexibility index (Phi) is 4.37. The quantitative estimate of drug-likeness (QED) is 0.893. The van der Waals surface area contributed by atoms with Gasteiger partial charge in [0.1, 0.15) is 11.5 Å². The van der Waals surface area contributed by atoms with Gasteiger partial charge in [0.2, 0.25) is 10.0 Å². The molecule has 128 valence electrons. The normalized spacial score (nSPS) is 16.3. The largest absolute Gasteiger partial charge is 0.335 e. The first kappa shape index (κ1) is 16.6. The Morgan fingerprint density at radius 1 is 1.17 bits per heavy atom. The third kappa shape index (κ3) is 3.17. The number of amides is 1. The molecule has 24 heavy (non-hydrogen) atoms. The van der Waals surface area contributed by atoms with Crippen LogP contribution in [0.1, 0.15) is 16.2 Å². The van der Waals surface area contributed by atoms with Crippen molar-refractivity contribution in [2.75, 3.05) is 26.2 Å². The molecule has 1 aromatic heterocycles. The van der Waals surface area contributed by atoms with Gasteiger partial charge >= 0.3 is 0 Å². The first-order valence-corrected chi connectivity index (χ1v) is 8.89. The number of carbonyl (C=O) groups excluding carboxylic acids is 1. The first-order chi connectivity index (χ1) is 11.4. The molecule has 0 spiro atoms. The van der Waals surface area contributed by atoms with Gasteiger partial charge in [-0.2, -0.15) is 9.40 Å². The molecule has 0 radical (unpaired) electrons. The molecule has 0 atom stereocenters. The molecule has 2 aromatic rings. The minimum Gasteiger partial charge on any atom is -0.335 e. The van der Waals surface area contributed by atoms with Crippen molar-refractivity contribution < 1.29 is 17.6 Å². The molecule has 1 aromatic carbocycles. The van der Waals surface area contributed by atoms with Crippen LogP contribution in [-0.2, 0) is 10.0 Å². The van der Waals surface area contributed by atoms with Gasteiger partial charge in [0, 0.05) is 31.9 Å². The zero-order valence-corrected chi connectivity index (χ0v) is 13.9. The molecule has 1 N–H and O–H groups in total. The van der Waals surface area contributed by atoms with Gasteiger partial charge in [-0.05, 0) is 37.3 Å². The lowest BCUT2D eigenvalue weighted by molar-refractivity contribution is 0.0692. The van der Waals surface area contributed by atoms with Gasteiger partial charge in [-0.25, -0.2) is 12.8 Å². The molecule has 0 saturated carbocycles. The van der Waals surface area contributed by atoms with Crippen molar-refractivity contribution in [2.24, 2.45) is 0 Å². The van der Waals surface area contributed by atoms with E-state index in [2.05, 4.69) is 10.2 Å². The van der Waals surface area contributed by atoms with E-state index in [1.54, 1.807) is 17.9 Å². The van der Waals surface area contributed by atoms with Crippen molar-refractivity contribution in [1.29, 1.82) is 0 Å². The molecule has 1 aliphatic heterocycles. The first-order valence-electron chi connectivity index (χ1n) is 7.45. The number of piperazine rings is 1. The maximum Gasteiger partial charge on any atom is 0.274 e. The van der Waals surface area contributed by atoms with Gasteiger partial charge in [0.25, 0.3) is 5.91 Å². The Bertz CT molecular complexity index is 840. The number of nitrogens with zero attached hydrogens (tertiary/aromatic N) is 3. The van der Waals surface area contributed by atoms with Crippen LogP contribution in [0, 0.1) is 12.7 Å². The van der Waals surface area contributed by atoms with E-state index >= 15 is 0 Å². The van der Waals surface area contributed by atoms with E-state index in [1.807, 2.05) is 0 Å². The fraction of sp³-hybridized carbons (Fsp3) is 0.333. The highest BCUT2D eigenvalue weighted by atomic mass is 32.2. The summed E-state index contributed by atoms with van der Waals surface area (Å²) >= 11 is 0. The molecule has 0 unspecified atom stereocenters. The van der Waals surface area contributed by atoms with Crippen molar-refractivity contribution >= 4 is 15.9 Å². The monoisotopic (exact) mass is 352 g/mol. The number of carbonyl (C=O) groups is 1. The molecule has 1 fully saturated rings. The van der Waals surface area contributed by atoms with Crippen molar-refractivity contribution in [3.05, 3.63) is 47.5 Å². The van der Waals surface area contributed by atoms with Crippen LogP contribution in [-0.4, -0.2) is 59.9 Å². The second-order valence-corrected chi connectivity index (χ2v) is 7.52. The smallest absolute Gasteiger partial charge is 0.274 e. The van der Waals surface area contributed by atoms with Gasteiger partial charge in [0.15, 0.2) is 0 Å². The molecule has 7 nitrogen and oxygen atoms in total. The predicted octanol–water partition coefficient (Wildman–Crippen LogP) is 1.00. The maximum absolute atomic E-state index is 13.0. The molecule has 1 saturated heterocycles. The Morgan fingerprint density at radius 2 is 1.79 bits per heavy atom. The molecular formula is C15H17FN4O3S. The van der Waals surface area contributed by atoms with Crippen molar-refractivity contribution in [1.82, 2.24) is 19.4 Å². The number of aryl methyl sites for hydroxylation is 1. The summed E-state index contributed by atoms with van der Waals surface area (Å²) in [6.07, 6.45) is 0. The molecule has 1 amide bonds. The van der Waals surface area contributed by atoms with Crippen LogP contribution in [0.15, 0.2) is 35.2 Å². The van der Waals surface area contributed by atoms with Gasteiger partial charge < -0.3 is 4.90 Å². The van der Waals surface area contributed by atoms with Crippen molar-refractivity contribution in [3.8, 4) is 0 Å². The minimum absolute atomic E-state index is 0.0478. The zero-order chi connectivity index (χ0) is 17.3. The minimum atomic E-state index is -3.68.